The van der Waals surface area contributed by atoms with Crippen LogP contribution in [-0.2, 0) is 0 Å². The minimum atomic E-state index is 1.29. The first-order valence-electron chi connectivity index (χ1n) is 3.54. The lowest BCUT2D eigenvalue weighted by Crippen LogP contribution is -1.85. The molecule has 0 amide bonds. The SMILES string of the molecule is Cc1cc(C)c(SS)c(C)c1. The molecule has 0 aromatic heterocycles. The fourth-order valence-corrected chi connectivity index (χ4v) is 2.58. The van der Waals surface area contributed by atoms with E-state index in [2.05, 4.69) is 44.6 Å². The molecule has 0 N–H and O–H groups in total. The Morgan fingerprint density at radius 2 is 1.55 bits per heavy atom. The van der Waals surface area contributed by atoms with Gasteiger partial charge >= 0.3 is 0 Å². The Morgan fingerprint density at radius 1 is 1.09 bits per heavy atom. The third-order valence-corrected chi connectivity index (χ3v) is 3.07. The van der Waals surface area contributed by atoms with Crippen LogP contribution in [0.25, 0.3) is 0 Å². The first-order chi connectivity index (χ1) is 5.15. The van der Waals surface area contributed by atoms with Gasteiger partial charge in [-0.2, -0.15) is 0 Å². The van der Waals surface area contributed by atoms with Gasteiger partial charge < -0.3 is 0 Å². The molecule has 1 aromatic carbocycles. The minimum absolute atomic E-state index is 1.29. The number of aryl methyl sites for hydroxylation is 3. The standard InChI is InChI=1S/C9H12S2/c1-6-4-7(2)9(11-10)8(3)5-6/h4-5,10H,1-3H3. The quantitative estimate of drug-likeness (QED) is 0.514. The first-order valence-corrected chi connectivity index (χ1v) is 5.41. The molecule has 0 saturated heterocycles. The van der Waals surface area contributed by atoms with E-state index in [1.54, 1.807) is 0 Å². The van der Waals surface area contributed by atoms with Gasteiger partial charge in [0.25, 0.3) is 0 Å². The highest BCUT2D eigenvalue weighted by molar-refractivity contribution is 8.68. The third kappa shape index (κ3) is 1.94. The van der Waals surface area contributed by atoms with Crippen LogP contribution in [0.3, 0.4) is 0 Å². The van der Waals surface area contributed by atoms with E-state index < -0.39 is 0 Å². The van der Waals surface area contributed by atoms with E-state index in [9.17, 15) is 0 Å². The van der Waals surface area contributed by atoms with Gasteiger partial charge in [0.2, 0.25) is 0 Å². The summed E-state index contributed by atoms with van der Waals surface area (Å²) in [7, 11) is 1.53. The fraction of sp³-hybridized carbons (Fsp3) is 0.333. The van der Waals surface area contributed by atoms with Gasteiger partial charge in [-0.1, -0.05) is 28.5 Å². The van der Waals surface area contributed by atoms with Crippen molar-refractivity contribution < 1.29 is 0 Å². The molecule has 1 rings (SSSR count). The molecule has 0 fully saturated rings. The minimum Gasteiger partial charge on any atom is -0.106 e. The van der Waals surface area contributed by atoms with Crippen LogP contribution in [0.1, 0.15) is 16.7 Å². The molecule has 0 nitrogen and oxygen atoms in total. The number of benzene rings is 1. The van der Waals surface area contributed by atoms with Crippen LogP contribution in [0.5, 0.6) is 0 Å². The lowest BCUT2D eigenvalue weighted by molar-refractivity contribution is 1.19. The number of hydrogen-bond acceptors (Lipinski definition) is 2. The maximum atomic E-state index is 4.20. The van der Waals surface area contributed by atoms with E-state index >= 15 is 0 Å². The zero-order chi connectivity index (χ0) is 8.43. The molecule has 60 valence electrons. The van der Waals surface area contributed by atoms with Gasteiger partial charge in [-0.25, -0.2) is 0 Å². The van der Waals surface area contributed by atoms with Crippen LogP contribution in [0.15, 0.2) is 17.0 Å². The van der Waals surface area contributed by atoms with Crippen molar-refractivity contribution in [2.75, 3.05) is 0 Å². The van der Waals surface area contributed by atoms with E-state index in [4.69, 9.17) is 0 Å². The molecule has 0 aliphatic rings. The summed E-state index contributed by atoms with van der Waals surface area (Å²) in [5.74, 6) is 0. The van der Waals surface area contributed by atoms with Crippen molar-refractivity contribution in [2.24, 2.45) is 0 Å². The fourth-order valence-electron chi connectivity index (χ4n) is 1.31. The summed E-state index contributed by atoms with van der Waals surface area (Å²) in [5, 5.41) is 0. The topological polar surface area (TPSA) is 0 Å². The van der Waals surface area contributed by atoms with Crippen LogP contribution in [0.4, 0.5) is 0 Å². The Bertz CT molecular complexity index is 243. The van der Waals surface area contributed by atoms with E-state index in [0.717, 1.165) is 0 Å². The predicted octanol–water partition coefficient (Wildman–Crippen LogP) is 3.55. The third-order valence-electron chi connectivity index (χ3n) is 1.70. The van der Waals surface area contributed by atoms with Crippen LogP contribution >= 0.6 is 22.5 Å². The Balaban J connectivity index is 3.25. The molecule has 0 aliphatic carbocycles. The normalized spacial score (nSPS) is 10.2. The van der Waals surface area contributed by atoms with Gasteiger partial charge in [-0.15, -0.1) is 11.7 Å². The molecule has 11 heavy (non-hydrogen) atoms. The highest BCUT2D eigenvalue weighted by Gasteiger charge is 2.01. The Kier molecular flexibility index (Phi) is 2.90. The monoisotopic (exact) mass is 184 g/mol. The average Bonchev–Trinajstić information content (AvgIpc) is 1.85. The summed E-state index contributed by atoms with van der Waals surface area (Å²) in [4.78, 5) is 1.29. The summed E-state index contributed by atoms with van der Waals surface area (Å²) < 4.78 is 0. The van der Waals surface area contributed by atoms with Crippen molar-refractivity contribution in [2.45, 2.75) is 25.7 Å². The van der Waals surface area contributed by atoms with Crippen LogP contribution in [-0.4, -0.2) is 0 Å². The molecule has 0 saturated carbocycles. The maximum absolute atomic E-state index is 4.20. The van der Waals surface area contributed by atoms with E-state index in [0.29, 0.717) is 0 Å². The van der Waals surface area contributed by atoms with Crippen LogP contribution in [0, 0.1) is 20.8 Å². The highest BCUT2D eigenvalue weighted by atomic mass is 33.1. The zero-order valence-corrected chi connectivity index (χ0v) is 8.72. The maximum Gasteiger partial charge on any atom is 0.0238 e. The molecule has 0 radical (unpaired) electrons. The molecule has 0 bridgehead atoms. The lowest BCUT2D eigenvalue weighted by Gasteiger charge is -2.06. The second-order valence-electron chi connectivity index (χ2n) is 2.82. The van der Waals surface area contributed by atoms with Gasteiger partial charge in [-0.3, -0.25) is 0 Å². The average molecular weight is 184 g/mol. The number of rotatable bonds is 1. The Hall–Kier alpha value is -0.0800. The van der Waals surface area contributed by atoms with Crippen molar-refractivity contribution in [1.82, 2.24) is 0 Å². The smallest absolute Gasteiger partial charge is 0.0238 e. The molecular weight excluding hydrogens is 172 g/mol. The molecule has 0 heterocycles. The predicted molar refractivity (Wildman–Crippen MR) is 55.5 cm³/mol. The lowest BCUT2D eigenvalue weighted by atomic mass is 10.1. The van der Waals surface area contributed by atoms with Gasteiger partial charge in [-0.05, 0) is 31.9 Å². The second kappa shape index (κ2) is 3.55. The molecule has 2 heteroatoms. The van der Waals surface area contributed by atoms with Crippen LogP contribution < -0.4 is 0 Å². The van der Waals surface area contributed by atoms with Gasteiger partial charge in [0, 0.05) is 4.90 Å². The molecule has 0 aliphatic heterocycles. The Morgan fingerprint density at radius 3 is 1.91 bits per heavy atom. The van der Waals surface area contributed by atoms with Crippen molar-refractivity contribution in [3.63, 3.8) is 0 Å². The van der Waals surface area contributed by atoms with Gasteiger partial charge in [0.05, 0.1) is 0 Å². The molecular formula is C9H12S2. The van der Waals surface area contributed by atoms with Gasteiger partial charge in [0.15, 0.2) is 0 Å². The Labute approximate surface area is 77.2 Å². The van der Waals surface area contributed by atoms with Crippen molar-refractivity contribution in [3.05, 3.63) is 28.8 Å². The highest BCUT2D eigenvalue weighted by Crippen LogP contribution is 2.29. The summed E-state index contributed by atoms with van der Waals surface area (Å²) >= 11 is 4.20. The van der Waals surface area contributed by atoms with Crippen LogP contribution in [0.2, 0.25) is 0 Å². The van der Waals surface area contributed by atoms with Crippen molar-refractivity contribution in [1.29, 1.82) is 0 Å². The van der Waals surface area contributed by atoms with E-state index in [-0.39, 0.29) is 0 Å². The second-order valence-corrected chi connectivity index (χ2v) is 3.96. The molecule has 1 aromatic rings. The summed E-state index contributed by atoms with van der Waals surface area (Å²) in [5.41, 5.74) is 3.97. The van der Waals surface area contributed by atoms with E-state index in [1.165, 1.54) is 32.4 Å². The molecule has 0 atom stereocenters. The van der Waals surface area contributed by atoms with Gasteiger partial charge in [0.1, 0.15) is 0 Å². The number of hydrogen-bond donors (Lipinski definition) is 1. The first kappa shape index (κ1) is 9.01. The number of thiol groups is 1. The summed E-state index contributed by atoms with van der Waals surface area (Å²) in [6.07, 6.45) is 0. The largest absolute Gasteiger partial charge is 0.106 e. The van der Waals surface area contributed by atoms with Crippen molar-refractivity contribution >= 4 is 22.5 Å². The van der Waals surface area contributed by atoms with Crippen molar-refractivity contribution in [3.8, 4) is 0 Å². The molecule has 0 spiro atoms. The van der Waals surface area contributed by atoms with E-state index in [1.807, 2.05) is 0 Å². The summed E-state index contributed by atoms with van der Waals surface area (Å²) in [6.45, 7) is 6.37. The summed E-state index contributed by atoms with van der Waals surface area (Å²) in [6, 6.07) is 4.37. The zero-order valence-electron chi connectivity index (χ0n) is 7.01. The molecule has 0 unspecified atom stereocenters.